The predicted molar refractivity (Wildman–Crippen MR) is 120 cm³/mol. The number of carbonyl (C=O) groups is 2. The molecule has 1 aromatic heterocycles. The van der Waals surface area contributed by atoms with Crippen molar-refractivity contribution in [2.24, 2.45) is 5.92 Å². The Balaban J connectivity index is 1.49. The van der Waals surface area contributed by atoms with Crippen LogP contribution in [-0.4, -0.2) is 46.0 Å². The fourth-order valence-electron chi connectivity index (χ4n) is 5.00. The second kappa shape index (κ2) is 7.20. The molecular formula is C24H28FN3O5. The number of ether oxygens (including phenoxy) is 1. The number of anilines is 1. The topological polar surface area (TPSA) is 101 Å². The minimum atomic E-state index is -1.31. The van der Waals surface area contributed by atoms with E-state index < -0.39 is 34.4 Å². The SMILES string of the molecule is CC(C)(C)OC(=O)NC12CC1CCN(c1cc3c(cc1F)c(=O)c(C(=O)O)cn3C1CC1)C2. The summed E-state index contributed by atoms with van der Waals surface area (Å²) in [7, 11) is 0. The maximum Gasteiger partial charge on any atom is 0.408 e. The van der Waals surface area contributed by atoms with E-state index in [0.717, 1.165) is 31.7 Å². The maximum atomic E-state index is 15.3. The Bertz CT molecular complexity index is 1230. The van der Waals surface area contributed by atoms with Crippen LogP contribution in [0.3, 0.4) is 0 Å². The number of nitrogens with zero attached hydrogens (tertiary/aromatic N) is 2. The van der Waals surface area contributed by atoms with Gasteiger partial charge < -0.3 is 24.6 Å². The summed E-state index contributed by atoms with van der Waals surface area (Å²) in [5.74, 6) is -1.56. The highest BCUT2D eigenvalue weighted by Gasteiger charge is 2.58. The van der Waals surface area contributed by atoms with Gasteiger partial charge in [-0.1, -0.05) is 0 Å². The lowest BCUT2D eigenvalue weighted by molar-refractivity contribution is 0.0489. The van der Waals surface area contributed by atoms with E-state index in [2.05, 4.69) is 5.32 Å². The number of hydrogen-bond donors (Lipinski definition) is 2. The molecule has 176 valence electrons. The minimum absolute atomic E-state index is 0.0750. The normalized spacial score (nSPS) is 24.4. The van der Waals surface area contributed by atoms with Crippen molar-refractivity contribution in [1.82, 2.24) is 9.88 Å². The van der Waals surface area contributed by atoms with E-state index in [-0.39, 0.29) is 17.0 Å². The van der Waals surface area contributed by atoms with Gasteiger partial charge >= 0.3 is 12.1 Å². The quantitative estimate of drug-likeness (QED) is 0.727. The molecule has 2 unspecified atom stereocenters. The number of alkyl carbamates (subject to hydrolysis) is 1. The monoisotopic (exact) mass is 457 g/mol. The van der Waals surface area contributed by atoms with Crippen molar-refractivity contribution in [2.45, 2.75) is 63.6 Å². The highest BCUT2D eigenvalue weighted by atomic mass is 19.1. The van der Waals surface area contributed by atoms with Gasteiger partial charge in [0.05, 0.1) is 16.7 Å². The van der Waals surface area contributed by atoms with Crippen molar-refractivity contribution in [1.29, 1.82) is 0 Å². The highest BCUT2D eigenvalue weighted by Crippen LogP contribution is 2.50. The second-order valence-electron chi connectivity index (χ2n) is 10.5. The van der Waals surface area contributed by atoms with Crippen LogP contribution in [0.25, 0.3) is 10.9 Å². The molecule has 3 fully saturated rings. The van der Waals surface area contributed by atoms with Gasteiger partial charge in [-0.15, -0.1) is 0 Å². The first-order valence-corrected chi connectivity index (χ1v) is 11.4. The fourth-order valence-corrected chi connectivity index (χ4v) is 5.00. The van der Waals surface area contributed by atoms with Crippen molar-refractivity contribution >= 4 is 28.7 Å². The zero-order chi connectivity index (χ0) is 23.7. The number of pyridine rings is 1. The molecule has 9 heteroatoms. The van der Waals surface area contributed by atoms with E-state index in [4.69, 9.17) is 4.74 Å². The summed E-state index contributed by atoms with van der Waals surface area (Å²) in [6.45, 7) is 6.50. The number of benzene rings is 1. The van der Waals surface area contributed by atoms with Gasteiger partial charge in [-0.2, -0.15) is 0 Å². The summed E-state index contributed by atoms with van der Waals surface area (Å²) in [6.07, 6.45) is 4.30. The van der Waals surface area contributed by atoms with Crippen LogP contribution in [0.15, 0.2) is 23.1 Å². The van der Waals surface area contributed by atoms with Gasteiger partial charge in [0.25, 0.3) is 0 Å². The standard InChI is InChI=1S/C24H28FN3O5/c1-23(2,3)33-22(32)26-24-10-13(24)6-7-27(12-24)19-9-18-15(8-17(19)25)20(29)16(21(30)31)11-28(18)14-4-5-14/h8-9,11,13-14H,4-7,10,12H2,1-3H3,(H,26,32)(H,30,31). The molecular weight excluding hydrogens is 429 g/mol. The predicted octanol–water partition coefficient (Wildman–Crippen LogP) is 3.67. The zero-order valence-electron chi connectivity index (χ0n) is 19.0. The minimum Gasteiger partial charge on any atom is -0.477 e. The van der Waals surface area contributed by atoms with Gasteiger partial charge in [0.1, 0.15) is 17.0 Å². The summed E-state index contributed by atoms with van der Waals surface area (Å²) >= 11 is 0. The number of nitrogens with one attached hydrogen (secondary N) is 1. The second-order valence-corrected chi connectivity index (χ2v) is 10.5. The molecule has 0 bridgehead atoms. The number of hydrogen-bond acceptors (Lipinski definition) is 5. The average molecular weight is 458 g/mol. The third kappa shape index (κ3) is 3.94. The number of carboxylic acids is 1. The van der Waals surface area contributed by atoms with Crippen LogP contribution < -0.4 is 15.6 Å². The van der Waals surface area contributed by atoms with Crippen molar-refractivity contribution in [2.75, 3.05) is 18.0 Å². The smallest absolute Gasteiger partial charge is 0.408 e. The molecule has 2 aromatic rings. The Morgan fingerprint density at radius 1 is 1.24 bits per heavy atom. The molecule has 2 N–H and O–H groups in total. The summed E-state index contributed by atoms with van der Waals surface area (Å²) in [5, 5.41) is 12.5. The van der Waals surface area contributed by atoms with Crippen LogP contribution >= 0.6 is 0 Å². The van der Waals surface area contributed by atoms with Crippen LogP contribution in [0, 0.1) is 11.7 Å². The molecule has 2 aliphatic carbocycles. The van der Waals surface area contributed by atoms with Crippen LogP contribution in [0.5, 0.6) is 0 Å². The van der Waals surface area contributed by atoms with Gasteiger partial charge in [-0.25, -0.2) is 14.0 Å². The Hall–Kier alpha value is -3.10. The van der Waals surface area contributed by atoms with Gasteiger partial charge in [-0.05, 0) is 64.5 Å². The maximum absolute atomic E-state index is 15.3. The molecule has 33 heavy (non-hydrogen) atoms. The van der Waals surface area contributed by atoms with E-state index in [9.17, 15) is 19.5 Å². The molecule has 1 amide bonds. The summed E-state index contributed by atoms with van der Waals surface area (Å²) in [5.41, 5.74) is -1.19. The van der Waals surface area contributed by atoms with E-state index in [1.54, 1.807) is 31.4 Å². The molecule has 5 rings (SSSR count). The number of piperidine rings is 1. The highest BCUT2D eigenvalue weighted by molar-refractivity contribution is 5.93. The van der Waals surface area contributed by atoms with Crippen molar-refractivity contribution < 1.29 is 23.8 Å². The number of rotatable bonds is 4. The summed E-state index contributed by atoms with van der Waals surface area (Å²) < 4.78 is 22.5. The first-order chi connectivity index (χ1) is 15.5. The van der Waals surface area contributed by atoms with Crippen molar-refractivity contribution in [3.05, 3.63) is 39.9 Å². The van der Waals surface area contributed by atoms with Gasteiger partial charge in [0, 0.05) is 30.7 Å². The lowest BCUT2D eigenvalue weighted by atomic mass is 10.0. The number of carboxylic acid groups (broad SMARTS) is 1. The van der Waals surface area contributed by atoms with Crippen molar-refractivity contribution in [3.8, 4) is 0 Å². The number of carbonyl (C=O) groups excluding carboxylic acids is 1. The number of amides is 1. The Morgan fingerprint density at radius 3 is 2.61 bits per heavy atom. The molecule has 1 saturated heterocycles. The lowest BCUT2D eigenvalue weighted by Crippen LogP contribution is -2.52. The van der Waals surface area contributed by atoms with Gasteiger partial charge in [0.15, 0.2) is 0 Å². The Morgan fingerprint density at radius 2 is 1.97 bits per heavy atom. The number of halogens is 1. The van der Waals surface area contributed by atoms with Crippen LogP contribution in [0.1, 0.15) is 62.9 Å². The molecule has 0 radical (unpaired) electrons. The van der Waals surface area contributed by atoms with E-state index in [1.807, 2.05) is 4.90 Å². The Labute approximate surface area is 190 Å². The first-order valence-electron chi connectivity index (χ1n) is 11.4. The molecule has 1 aromatic carbocycles. The average Bonchev–Trinajstić information content (AvgIpc) is 3.60. The molecule has 1 aliphatic heterocycles. The van der Waals surface area contributed by atoms with Crippen LogP contribution in [-0.2, 0) is 4.74 Å². The Kier molecular flexibility index (Phi) is 4.74. The first kappa shape index (κ1) is 21.7. The molecule has 0 spiro atoms. The van der Waals surface area contributed by atoms with Crippen LogP contribution in [0.4, 0.5) is 14.9 Å². The fraction of sp³-hybridized carbons (Fsp3) is 0.542. The number of fused-ring (bicyclic) bond motifs is 2. The van der Waals surface area contributed by atoms with Gasteiger partial charge in [0.2, 0.25) is 5.43 Å². The molecule has 8 nitrogen and oxygen atoms in total. The number of aromatic carboxylic acids is 1. The van der Waals surface area contributed by atoms with E-state index >= 15 is 4.39 Å². The third-order valence-corrected chi connectivity index (χ3v) is 6.81. The lowest BCUT2D eigenvalue weighted by Gasteiger charge is -2.35. The third-order valence-electron chi connectivity index (χ3n) is 6.81. The summed E-state index contributed by atoms with van der Waals surface area (Å²) in [6, 6.07) is 2.92. The molecule has 3 aliphatic rings. The largest absolute Gasteiger partial charge is 0.477 e. The van der Waals surface area contributed by atoms with E-state index in [1.165, 1.54) is 6.20 Å². The number of aromatic nitrogens is 1. The van der Waals surface area contributed by atoms with Gasteiger partial charge in [-0.3, -0.25) is 4.79 Å². The zero-order valence-corrected chi connectivity index (χ0v) is 19.0. The van der Waals surface area contributed by atoms with Crippen LogP contribution in [0.2, 0.25) is 0 Å². The molecule has 2 heterocycles. The van der Waals surface area contributed by atoms with E-state index in [0.29, 0.717) is 30.2 Å². The molecule has 2 saturated carbocycles. The summed E-state index contributed by atoms with van der Waals surface area (Å²) in [4.78, 5) is 38.6. The van der Waals surface area contributed by atoms with Crippen molar-refractivity contribution in [3.63, 3.8) is 0 Å². The molecule has 2 atom stereocenters.